The minimum atomic E-state index is -1.18. The summed E-state index contributed by atoms with van der Waals surface area (Å²) in [7, 11) is -1.18. The molecule has 0 aliphatic carbocycles. The molecule has 0 spiro atoms. The summed E-state index contributed by atoms with van der Waals surface area (Å²) in [5.41, 5.74) is 0.717. The highest BCUT2D eigenvalue weighted by Crippen LogP contribution is 2.21. The zero-order valence-corrected chi connectivity index (χ0v) is 10.9. The molecule has 0 aliphatic heterocycles. The van der Waals surface area contributed by atoms with Crippen LogP contribution in [0.3, 0.4) is 0 Å². The molecule has 7 heteroatoms. The van der Waals surface area contributed by atoms with Crippen molar-refractivity contribution >= 4 is 22.4 Å². The normalized spacial score (nSPS) is 12.6. The number of aromatic nitrogens is 2. The van der Waals surface area contributed by atoms with Crippen molar-refractivity contribution < 1.29 is 13.8 Å². The Morgan fingerprint density at radius 3 is 3.00 bits per heavy atom. The third-order valence-corrected chi connectivity index (χ3v) is 3.60. The van der Waals surface area contributed by atoms with E-state index in [4.69, 9.17) is 21.2 Å². The van der Waals surface area contributed by atoms with Crippen LogP contribution in [0, 0.1) is 0 Å². The van der Waals surface area contributed by atoms with E-state index >= 15 is 0 Å². The van der Waals surface area contributed by atoms with E-state index in [1.54, 1.807) is 24.3 Å². The van der Waals surface area contributed by atoms with Crippen LogP contribution >= 0.6 is 11.6 Å². The lowest BCUT2D eigenvalue weighted by molar-refractivity contribution is 0.321. The fourth-order valence-corrected chi connectivity index (χ4v) is 2.31. The summed E-state index contributed by atoms with van der Waals surface area (Å²) in [6.45, 7) is -0.119. The number of hydrogen-bond acceptors (Lipinski definition) is 5. The summed E-state index contributed by atoms with van der Waals surface area (Å²) < 4.78 is 16.5. The van der Waals surface area contributed by atoms with Gasteiger partial charge in [0.25, 0.3) is 5.89 Å². The van der Waals surface area contributed by atoms with Crippen LogP contribution in [0.25, 0.3) is 11.5 Å². The van der Waals surface area contributed by atoms with Crippen LogP contribution in [0.15, 0.2) is 28.8 Å². The summed E-state index contributed by atoms with van der Waals surface area (Å²) >= 11 is 5.86. The molecule has 1 atom stereocenters. The molecule has 0 saturated carbocycles. The number of aliphatic hydroxyl groups excluding tert-OH is 1. The van der Waals surface area contributed by atoms with Crippen LogP contribution in [-0.4, -0.2) is 31.8 Å². The molecule has 1 aromatic carbocycles. The lowest BCUT2D eigenvalue weighted by Gasteiger charge is -1.94. The number of rotatable bonds is 5. The topological polar surface area (TPSA) is 76.2 Å². The quantitative estimate of drug-likeness (QED) is 0.904. The molecule has 0 radical (unpaired) electrons. The van der Waals surface area contributed by atoms with E-state index in [9.17, 15) is 4.21 Å². The smallest absolute Gasteiger partial charge is 0.258 e. The summed E-state index contributed by atoms with van der Waals surface area (Å²) in [4.78, 5) is 4.13. The van der Waals surface area contributed by atoms with Gasteiger partial charge in [-0.3, -0.25) is 4.21 Å². The Balaban J connectivity index is 2.13. The average Bonchev–Trinajstić information content (AvgIpc) is 2.78. The highest BCUT2D eigenvalue weighted by atomic mass is 35.5. The molecular weight excluding hydrogens is 276 g/mol. The highest BCUT2D eigenvalue weighted by Gasteiger charge is 2.11. The van der Waals surface area contributed by atoms with Crippen LogP contribution in [0.5, 0.6) is 0 Å². The first-order chi connectivity index (χ1) is 8.69. The predicted octanol–water partition coefficient (Wildman–Crippen LogP) is 1.63. The SMILES string of the molecule is O=S(CCO)Cc1noc(-c2cccc(Cl)c2)n1. The molecule has 0 amide bonds. The van der Waals surface area contributed by atoms with Crippen molar-refractivity contribution in [1.29, 1.82) is 0 Å². The first kappa shape index (κ1) is 13.2. The minimum Gasteiger partial charge on any atom is -0.395 e. The average molecular weight is 287 g/mol. The second-order valence-electron chi connectivity index (χ2n) is 3.54. The zero-order chi connectivity index (χ0) is 13.0. The van der Waals surface area contributed by atoms with Crippen LogP contribution < -0.4 is 0 Å². The fourth-order valence-electron chi connectivity index (χ4n) is 1.37. The molecule has 0 saturated heterocycles. The van der Waals surface area contributed by atoms with E-state index in [2.05, 4.69) is 10.1 Å². The van der Waals surface area contributed by atoms with Gasteiger partial charge in [0.2, 0.25) is 0 Å². The number of benzene rings is 1. The zero-order valence-electron chi connectivity index (χ0n) is 9.38. The molecular formula is C11H11ClN2O3S. The van der Waals surface area contributed by atoms with E-state index < -0.39 is 10.8 Å². The van der Waals surface area contributed by atoms with Gasteiger partial charge in [-0.15, -0.1) is 0 Å². The monoisotopic (exact) mass is 286 g/mol. The lowest BCUT2D eigenvalue weighted by Crippen LogP contribution is -2.05. The van der Waals surface area contributed by atoms with E-state index in [1.165, 1.54) is 0 Å². The molecule has 5 nitrogen and oxygen atoms in total. The Morgan fingerprint density at radius 1 is 1.44 bits per heavy atom. The maximum absolute atomic E-state index is 11.4. The Bertz CT molecular complexity index is 559. The molecule has 0 bridgehead atoms. The third-order valence-electron chi connectivity index (χ3n) is 2.15. The second-order valence-corrected chi connectivity index (χ2v) is 5.55. The van der Waals surface area contributed by atoms with Crippen LogP contribution in [0.4, 0.5) is 0 Å². The summed E-state index contributed by atoms with van der Waals surface area (Å²) in [5.74, 6) is 1.08. The van der Waals surface area contributed by atoms with E-state index in [0.717, 1.165) is 0 Å². The maximum Gasteiger partial charge on any atom is 0.258 e. The Kier molecular flexibility index (Phi) is 4.46. The van der Waals surface area contributed by atoms with Gasteiger partial charge in [-0.25, -0.2) is 0 Å². The lowest BCUT2D eigenvalue weighted by atomic mass is 10.2. The van der Waals surface area contributed by atoms with Crippen molar-refractivity contribution in [2.75, 3.05) is 12.4 Å². The number of nitrogens with zero attached hydrogens (tertiary/aromatic N) is 2. The van der Waals surface area contributed by atoms with Crippen molar-refractivity contribution in [1.82, 2.24) is 10.1 Å². The summed E-state index contributed by atoms with van der Waals surface area (Å²) in [5, 5.41) is 13.0. The molecule has 18 heavy (non-hydrogen) atoms. The van der Waals surface area contributed by atoms with Gasteiger partial charge in [-0.1, -0.05) is 22.8 Å². The van der Waals surface area contributed by atoms with Gasteiger partial charge < -0.3 is 9.63 Å². The standard InChI is InChI=1S/C11H11ClN2O3S/c12-9-3-1-2-8(6-9)11-13-10(14-17-11)7-18(16)5-4-15/h1-3,6,15H,4-5,7H2. The molecule has 1 aromatic heterocycles. The first-order valence-electron chi connectivity index (χ1n) is 5.23. The molecule has 1 unspecified atom stereocenters. The highest BCUT2D eigenvalue weighted by molar-refractivity contribution is 7.84. The van der Waals surface area contributed by atoms with Gasteiger partial charge in [0.05, 0.1) is 12.4 Å². The van der Waals surface area contributed by atoms with E-state index in [-0.39, 0.29) is 18.1 Å². The molecule has 2 aromatic rings. The Morgan fingerprint density at radius 2 is 2.28 bits per heavy atom. The van der Waals surface area contributed by atoms with Crippen molar-refractivity contribution in [3.05, 3.63) is 35.1 Å². The van der Waals surface area contributed by atoms with Gasteiger partial charge in [0.15, 0.2) is 5.82 Å². The summed E-state index contributed by atoms with van der Waals surface area (Å²) in [6, 6.07) is 7.04. The molecule has 0 fully saturated rings. The number of halogens is 1. The second kappa shape index (κ2) is 6.08. The molecule has 96 valence electrons. The molecule has 1 heterocycles. The van der Waals surface area contributed by atoms with Gasteiger partial charge >= 0.3 is 0 Å². The fraction of sp³-hybridized carbons (Fsp3) is 0.273. The molecule has 0 aliphatic rings. The van der Waals surface area contributed by atoms with E-state index in [1.807, 2.05) is 0 Å². The van der Waals surface area contributed by atoms with Gasteiger partial charge in [0.1, 0.15) is 0 Å². The number of aliphatic hydroxyl groups is 1. The third kappa shape index (κ3) is 3.38. The number of hydrogen-bond donors (Lipinski definition) is 1. The van der Waals surface area contributed by atoms with Crippen LogP contribution in [0.2, 0.25) is 5.02 Å². The molecule has 1 N–H and O–H groups in total. The molecule has 2 rings (SSSR count). The largest absolute Gasteiger partial charge is 0.395 e. The van der Waals surface area contributed by atoms with Crippen molar-refractivity contribution in [3.8, 4) is 11.5 Å². The van der Waals surface area contributed by atoms with Crippen molar-refractivity contribution in [3.63, 3.8) is 0 Å². The summed E-state index contributed by atoms with van der Waals surface area (Å²) in [6.07, 6.45) is 0. The predicted molar refractivity (Wildman–Crippen MR) is 68.5 cm³/mol. The van der Waals surface area contributed by atoms with Crippen molar-refractivity contribution in [2.24, 2.45) is 0 Å². The van der Waals surface area contributed by atoms with Crippen molar-refractivity contribution in [2.45, 2.75) is 5.75 Å². The van der Waals surface area contributed by atoms with Crippen LogP contribution in [0.1, 0.15) is 5.82 Å². The van der Waals surface area contributed by atoms with E-state index in [0.29, 0.717) is 22.3 Å². The van der Waals surface area contributed by atoms with Gasteiger partial charge in [-0.05, 0) is 18.2 Å². The Hall–Kier alpha value is -1.24. The van der Waals surface area contributed by atoms with Gasteiger partial charge in [0, 0.05) is 27.1 Å². The van der Waals surface area contributed by atoms with Crippen LogP contribution in [-0.2, 0) is 16.6 Å². The minimum absolute atomic E-state index is 0.119. The maximum atomic E-state index is 11.4. The first-order valence-corrected chi connectivity index (χ1v) is 7.10. The Labute approximate surface area is 111 Å². The van der Waals surface area contributed by atoms with Gasteiger partial charge in [-0.2, -0.15) is 4.98 Å².